The quantitative estimate of drug-likeness (QED) is 0.834. The van der Waals surface area contributed by atoms with Gasteiger partial charge in [-0.2, -0.15) is 0 Å². The first kappa shape index (κ1) is 17.3. The number of amides is 1. The Hall–Kier alpha value is -2.48. The second kappa shape index (κ2) is 7.18. The van der Waals surface area contributed by atoms with Gasteiger partial charge in [-0.1, -0.05) is 6.07 Å². The highest BCUT2D eigenvalue weighted by Gasteiger charge is 2.29. The van der Waals surface area contributed by atoms with Crippen molar-refractivity contribution < 1.29 is 13.2 Å². The smallest absolute Gasteiger partial charge is 0.255 e. The molecule has 0 bridgehead atoms. The zero-order valence-corrected chi connectivity index (χ0v) is 14.7. The summed E-state index contributed by atoms with van der Waals surface area (Å²) in [5.74, 6) is 0.276. The molecule has 0 aromatic carbocycles. The Morgan fingerprint density at radius 1 is 1.32 bits per heavy atom. The van der Waals surface area contributed by atoms with Crippen LogP contribution in [-0.2, 0) is 16.4 Å². The number of hydrogen-bond donors (Lipinski definition) is 2. The number of aryl methyl sites for hydroxylation is 1. The van der Waals surface area contributed by atoms with Crippen molar-refractivity contribution in [3.63, 3.8) is 0 Å². The van der Waals surface area contributed by atoms with Crippen molar-refractivity contribution in [3.05, 3.63) is 53.5 Å². The van der Waals surface area contributed by atoms with Crippen LogP contribution >= 0.6 is 0 Å². The third kappa shape index (κ3) is 4.54. The number of carbonyl (C=O) groups excluding carboxylic acids is 1. The van der Waals surface area contributed by atoms with Gasteiger partial charge in [-0.15, -0.1) is 0 Å². The van der Waals surface area contributed by atoms with E-state index >= 15 is 0 Å². The fourth-order valence-corrected chi connectivity index (χ4v) is 4.41. The minimum Gasteiger partial charge on any atom is -0.365 e. The van der Waals surface area contributed by atoms with Gasteiger partial charge in [0, 0.05) is 30.7 Å². The minimum atomic E-state index is -3.04. The lowest BCUT2D eigenvalue weighted by atomic mass is 10.2. The molecule has 1 aliphatic rings. The number of nitrogens with one attached hydrogen (secondary N) is 2. The van der Waals surface area contributed by atoms with Crippen molar-refractivity contribution >= 4 is 21.6 Å². The van der Waals surface area contributed by atoms with Crippen LogP contribution in [-0.4, -0.2) is 41.8 Å². The van der Waals surface area contributed by atoms with Crippen molar-refractivity contribution in [1.29, 1.82) is 0 Å². The number of rotatable bonds is 5. The van der Waals surface area contributed by atoms with E-state index in [0.29, 0.717) is 24.3 Å². The maximum Gasteiger partial charge on any atom is 0.255 e. The zero-order chi connectivity index (χ0) is 17.9. The van der Waals surface area contributed by atoms with E-state index in [2.05, 4.69) is 20.6 Å². The van der Waals surface area contributed by atoms with Gasteiger partial charge >= 0.3 is 0 Å². The maximum absolute atomic E-state index is 12.6. The molecule has 1 unspecified atom stereocenters. The molecule has 2 aromatic heterocycles. The highest BCUT2D eigenvalue weighted by Crippen LogP contribution is 2.17. The molecule has 1 fully saturated rings. The summed E-state index contributed by atoms with van der Waals surface area (Å²) in [7, 11) is -3.04. The number of sulfone groups is 1. The molecule has 2 N–H and O–H groups in total. The highest BCUT2D eigenvalue weighted by atomic mass is 32.2. The van der Waals surface area contributed by atoms with Crippen molar-refractivity contribution in [2.24, 2.45) is 0 Å². The molecule has 0 spiro atoms. The van der Waals surface area contributed by atoms with E-state index in [1.165, 1.54) is 0 Å². The number of hydrogen-bond acceptors (Lipinski definition) is 6. The molecule has 1 amide bonds. The standard InChI is InChI=1S/C17H20N4O3S/c1-12-4-5-15(17(22)21-14-6-8-25(23,24)11-14)16(20-12)19-10-13-3-2-7-18-9-13/h2-5,7,9,14H,6,8,10-11H2,1H3,(H,19,20)(H,21,22). The van der Waals surface area contributed by atoms with Gasteiger partial charge in [0.05, 0.1) is 17.1 Å². The normalized spacial score (nSPS) is 18.7. The Balaban J connectivity index is 1.73. The van der Waals surface area contributed by atoms with E-state index in [0.717, 1.165) is 11.3 Å². The van der Waals surface area contributed by atoms with Crippen LogP contribution in [0.5, 0.6) is 0 Å². The number of carbonyl (C=O) groups is 1. The number of anilines is 1. The van der Waals surface area contributed by atoms with Crippen molar-refractivity contribution in [3.8, 4) is 0 Å². The SMILES string of the molecule is Cc1ccc(C(=O)NC2CCS(=O)(=O)C2)c(NCc2cccnc2)n1. The fourth-order valence-electron chi connectivity index (χ4n) is 2.74. The summed E-state index contributed by atoms with van der Waals surface area (Å²) in [4.78, 5) is 21.0. The molecule has 1 aliphatic heterocycles. The number of pyridine rings is 2. The lowest BCUT2D eigenvalue weighted by Crippen LogP contribution is -2.36. The van der Waals surface area contributed by atoms with Crippen molar-refractivity contribution in [2.75, 3.05) is 16.8 Å². The fraction of sp³-hybridized carbons (Fsp3) is 0.353. The Bertz CT molecular complexity index is 869. The lowest BCUT2D eigenvalue weighted by Gasteiger charge is -2.15. The van der Waals surface area contributed by atoms with Gasteiger partial charge < -0.3 is 10.6 Å². The first-order valence-electron chi connectivity index (χ1n) is 8.05. The largest absolute Gasteiger partial charge is 0.365 e. The van der Waals surface area contributed by atoms with Gasteiger partial charge in [0.1, 0.15) is 5.82 Å². The van der Waals surface area contributed by atoms with Crippen molar-refractivity contribution in [1.82, 2.24) is 15.3 Å². The van der Waals surface area contributed by atoms with Gasteiger partial charge in [-0.05, 0) is 37.1 Å². The van der Waals surface area contributed by atoms with E-state index < -0.39 is 9.84 Å². The van der Waals surface area contributed by atoms with Crippen LogP contribution in [0.2, 0.25) is 0 Å². The molecule has 3 heterocycles. The summed E-state index contributed by atoms with van der Waals surface area (Å²) in [6.45, 7) is 2.34. The summed E-state index contributed by atoms with van der Waals surface area (Å²) in [5, 5.41) is 5.96. The first-order valence-corrected chi connectivity index (χ1v) is 9.87. The topological polar surface area (TPSA) is 101 Å². The van der Waals surface area contributed by atoms with Gasteiger partial charge in [0.2, 0.25) is 0 Å². The van der Waals surface area contributed by atoms with Crippen molar-refractivity contribution in [2.45, 2.75) is 25.9 Å². The summed E-state index contributed by atoms with van der Waals surface area (Å²) in [5.41, 5.74) is 2.16. The molecule has 7 nitrogen and oxygen atoms in total. The molecular weight excluding hydrogens is 340 g/mol. The van der Waals surface area contributed by atoms with E-state index in [1.54, 1.807) is 24.5 Å². The van der Waals surface area contributed by atoms with Crippen LogP contribution in [0.25, 0.3) is 0 Å². The summed E-state index contributed by atoms with van der Waals surface area (Å²) >= 11 is 0. The van der Waals surface area contributed by atoms with Gasteiger partial charge in [-0.3, -0.25) is 9.78 Å². The van der Waals surface area contributed by atoms with Crippen LogP contribution in [0.4, 0.5) is 5.82 Å². The molecule has 2 aromatic rings. The molecule has 0 aliphatic carbocycles. The van der Waals surface area contributed by atoms with E-state index in [4.69, 9.17) is 0 Å². The Morgan fingerprint density at radius 3 is 2.84 bits per heavy atom. The molecule has 3 rings (SSSR count). The summed E-state index contributed by atoms with van der Waals surface area (Å²) in [6.07, 6.45) is 3.89. The molecule has 0 saturated carbocycles. The second-order valence-corrected chi connectivity index (χ2v) is 8.37. The van der Waals surface area contributed by atoms with Gasteiger partial charge in [-0.25, -0.2) is 13.4 Å². The molecule has 0 radical (unpaired) electrons. The number of aromatic nitrogens is 2. The zero-order valence-electron chi connectivity index (χ0n) is 13.9. The third-order valence-electron chi connectivity index (χ3n) is 4.03. The molecule has 8 heteroatoms. The number of nitrogens with zero attached hydrogens (tertiary/aromatic N) is 2. The van der Waals surface area contributed by atoms with Gasteiger partial charge in [0.25, 0.3) is 5.91 Å². The monoisotopic (exact) mass is 360 g/mol. The Kier molecular flexibility index (Phi) is 4.98. The highest BCUT2D eigenvalue weighted by molar-refractivity contribution is 7.91. The second-order valence-electron chi connectivity index (χ2n) is 6.14. The minimum absolute atomic E-state index is 0.00350. The van der Waals surface area contributed by atoms with E-state index in [1.807, 2.05) is 19.1 Å². The van der Waals surface area contributed by atoms with E-state index in [9.17, 15) is 13.2 Å². The third-order valence-corrected chi connectivity index (χ3v) is 5.80. The Morgan fingerprint density at radius 2 is 2.16 bits per heavy atom. The molecule has 132 valence electrons. The van der Waals surface area contributed by atoms with Crippen LogP contribution in [0, 0.1) is 6.92 Å². The lowest BCUT2D eigenvalue weighted by molar-refractivity contribution is 0.0941. The summed E-state index contributed by atoms with van der Waals surface area (Å²) < 4.78 is 23.1. The molecule has 1 saturated heterocycles. The van der Waals surface area contributed by atoms with Crippen LogP contribution < -0.4 is 10.6 Å². The maximum atomic E-state index is 12.6. The molecule has 1 atom stereocenters. The molecular formula is C17H20N4O3S. The van der Waals surface area contributed by atoms with Crippen LogP contribution in [0.3, 0.4) is 0 Å². The predicted octanol–water partition coefficient (Wildman–Crippen LogP) is 1.31. The molecule has 25 heavy (non-hydrogen) atoms. The first-order chi connectivity index (χ1) is 11.9. The Labute approximate surface area is 146 Å². The van der Waals surface area contributed by atoms with E-state index in [-0.39, 0.29) is 23.5 Å². The predicted molar refractivity (Wildman–Crippen MR) is 95.1 cm³/mol. The average molecular weight is 360 g/mol. The average Bonchev–Trinajstić information content (AvgIpc) is 2.92. The van der Waals surface area contributed by atoms with Gasteiger partial charge in [0.15, 0.2) is 9.84 Å². The summed E-state index contributed by atoms with van der Waals surface area (Å²) in [6, 6.07) is 6.89. The van der Waals surface area contributed by atoms with Crippen LogP contribution in [0.15, 0.2) is 36.7 Å². The van der Waals surface area contributed by atoms with Crippen LogP contribution in [0.1, 0.15) is 28.0 Å².